The topological polar surface area (TPSA) is 0 Å². The van der Waals surface area contributed by atoms with Crippen molar-refractivity contribution in [2.75, 3.05) is 0 Å². The third kappa shape index (κ3) is 9.13. The van der Waals surface area contributed by atoms with E-state index < -0.39 is 0 Å². The summed E-state index contributed by atoms with van der Waals surface area (Å²) in [4.78, 5) is 0. The average Bonchev–Trinajstić information content (AvgIpc) is 0. The number of hydrogen-bond donors (Lipinski definition) is 0. The molecule has 0 fully saturated rings. The molecule has 0 rings (SSSR count). The quantitative estimate of drug-likeness (QED) is 0.483. The van der Waals surface area contributed by atoms with E-state index in [9.17, 15) is 0 Å². The molecule has 0 saturated carbocycles. The molecule has 0 bridgehead atoms. The minimum atomic E-state index is 0. The van der Waals surface area contributed by atoms with Crippen molar-refractivity contribution in [2.24, 2.45) is 0 Å². The molecule has 0 aromatic rings. The number of hydrogen-bond acceptors (Lipinski definition) is 0. The van der Waals surface area contributed by atoms with Gasteiger partial charge in [0.15, 0.2) is 0 Å². The van der Waals surface area contributed by atoms with Gasteiger partial charge in [-0.25, -0.2) is 0 Å². The maximum atomic E-state index is 0. The van der Waals surface area contributed by atoms with Crippen LogP contribution < -0.4 is 0 Å². The fourth-order valence-electron chi connectivity index (χ4n) is 0. The van der Waals surface area contributed by atoms with Crippen molar-refractivity contribution in [1.82, 2.24) is 0 Å². The minimum absolute atomic E-state index is 0. The molecule has 0 amide bonds. The fraction of sp³-hybridized carbons (Fsp3) is 0. The van der Waals surface area contributed by atoms with Gasteiger partial charge in [0.25, 0.3) is 0 Å². The van der Waals surface area contributed by atoms with E-state index in [2.05, 4.69) is 0 Å². The van der Waals surface area contributed by atoms with Crippen LogP contribution in [0.5, 0.6) is 0 Å². The summed E-state index contributed by atoms with van der Waals surface area (Å²) < 4.78 is 0. The standard InChI is InChI=1S/Ba.Ca.Mn.Si. The summed E-state index contributed by atoms with van der Waals surface area (Å²) in [6.07, 6.45) is 0. The van der Waals surface area contributed by atoms with E-state index in [1.54, 1.807) is 0 Å². The molecular weight excluding hydrogens is 260 g/mol. The Bertz CT molecular complexity index is 8.00. The maximum absolute atomic E-state index is 0. The van der Waals surface area contributed by atoms with E-state index in [1.807, 2.05) is 0 Å². The molecule has 0 aliphatic carbocycles. The Hall–Kier alpha value is 3.57. The molecule has 0 N–H and O–H groups in total. The second kappa shape index (κ2) is 16.0. The summed E-state index contributed by atoms with van der Waals surface area (Å²) in [6.45, 7) is 0. The van der Waals surface area contributed by atoms with Crippen LogP contribution in [0.25, 0.3) is 0 Å². The van der Waals surface area contributed by atoms with Gasteiger partial charge in [-0.3, -0.25) is 0 Å². The van der Waals surface area contributed by atoms with Crippen LogP contribution in [-0.2, 0) is 17.1 Å². The van der Waals surface area contributed by atoms with Gasteiger partial charge in [0.2, 0.25) is 0 Å². The molecule has 0 aromatic heterocycles. The first-order valence-electron chi connectivity index (χ1n) is 0. The van der Waals surface area contributed by atoms with Crippen LogP contribution in [0, 0.1) is 0 Å². The third-order valence-electron chi connectivity index (χ3n) is 0. The Morgan fingerprint density at radius 2 is 1.00 bits per heavy atom. The zero-order chi connectivity index (χ0) is 0. The Labute approximate surface area is 111 Å². The van der Waals surface area contributed by atoms with E-state index in [-0.39, 0.29) is 115 Å². The fourth-order valence-corrected chi connectivity index (χ4v) is 0. The van der Waals surface area contributed by atoms with Gasteiger partial charge in [0.1, 0.15) is 0 Å². The van der Waals surface area contributed by atoms with Crippen LogP contribution in [0.4, 0.5) is 0 Å². The predicted molar refractivity (Wildman–Crippen MR) is 17.3 cm³/mol. The average molecular weight is 260 g/mol. The molecule has 0 nitrogen and oxygen atoms in total. The summed E-state index contributed by atoms with van der Waals surface area (Å²) >= 11 is 0. The summed E-state index contributed by atoms with van der Waals surface area (Å²) in [6, 6.07) is 0. The van der Waals surface area contributed by atoms with Crippen LogP contribution in [0.3, 0.4) is 0 Å². The van der Waals surface area contributed by atoms with Gasteiger partial charge in [-0.05, 0) is 0 Å². The number of rotatable bonds is 0. The third-order valence-corrected chi connectivity index (χ3v) is 0. The van der Waals surface area contributed by atoms with Gasteiger partial charge >= 0.3 is 0 Å². The smallest absolute Gasteiger partial charge is 0 e. The Morgan fingerprint density at radius 3 is 1.00 bits per heavy atom. The zero-order valence-corrected chi connectivity index (χ0v) is 11.1. The molecule has 0 aliphatic heterocycles. The van der Waals surface area contributed by atoms with Crippen molar-refractivity contribution in [3.8, 4) is 0 Å². The summed E-state index contributed by atoms with van der Waals surface area (Å²) in [5, 5.41) is 0. The van der Waals surface area contributed by atoms with E-state index in [0.29, 0.717) is 0 Å². The predicted octanol–water partition coefficient (Wildman–Crippen LogP) is -1.14. The van der Waals surface area contributed by atoms with Crippen molar-refractivity contribution in [1.29, 1.82) is 0 Å². The van der Waals surface area contributed by atoms with Gasteiger partial charge < -0.3 is 0 Å². The van der Waals surface area contributed by atoms with Gasteiger partial charge in [0, 0.05) is 115 Å². The Morgan fingerprint density at radius 1 is 1.00 bits per heavy atom. The molecule has 0 spiro atoms. The zero-order valence-electron chi connectivity index (χ0n) is 2.29. The summed E-state index contributed by atoms with van der Waals surface area (Å²) in [5.41, 5.74) is 0. The van der Waals surface area contributed by atoms with Crippen LogP contribution in [0.1, 0.15) is 0 Å². The molecular formula is BaCaMnSi. The molecule has 4 heteroatoms. The molecule has 0 heterocycles. The first-order valence-corrected chi connectivity index (χ1v) is 0. The second-order valence-corrected chi connectivity index (χ2v) is 0. The molecule has 4 heavy (non-hydrogen) atoms. The molecule has 0 unspecified atom stereocenters. The second-order valence-electron chi connectivity index (χ2n) is 0. The van der Waals surface area contributed by atoms with Crippen molar-refractivity contribution < 1.29 is 17.1 Å². The van der Waals surface area contributed by atoms with Crippen molar-refractivity contribution in [2.45, 2.75) is 0 Å². The monoisotopic (exact) mass is 261 g/mol. The SMILES string of the molecule is [Ba].[Ca].[Mn].[Si]. The minimum Gasteiger partial charge on any atom is 0 e. The van der Waals surface area contributed by atoms with Gasteiger partial charge in [-0.1, -0.05) is 0 Å². The van der Waals surface area contributed by atoms with Crippen molar-refractivity contribution >= 4 is 97.6 Å². The van der Waals surface area contributed by atoms with E-state index in [1.165, 1.54) is 0 Å². The first kappa shape index (κ1) is 25.6. The summed E-state index contributed by atoms with van der Waals surface area (Å²) in [5.74, 6) is 0. The molecule has 0 atom stereocenters. The Kier molecular flexibility index (Phi) is 103. The molecule has 0 aromatic carbocycles. The van der Waals surface area contributed by atoms with E-state index >= 15 is 0 Å². The molecule has 0 aliphatic rings. The van der Waals surface area contributed by atoms with Gasteiger partial charge in [-0.2, -0.15) is 0 Å². The van der Waals surface area contributed by atoms with Crippen LogP contribution in [0.2, 0.25) is 0 Å². The normalized spacial score (nSPS) is 0. The molecule has 15 valence electrons. The van der Waals surface area contributed by atoms with Gasteiger partial charge in [0.05, 0.1) is 0 Å². The first-order chi connectivity index (χ1) is 0. The van der Waals surface area contributed by atoms with Crippen LogP contribution >= 0.6 is 0 Å². The Balaban J connectivity index is 0. The summed E-state index contributed by atoms with van der Waals surface area (Å²) in [7, 11) is 0. The molecule has 9 radical (unpaired) electrons. The van der Waals surface area contributed by atoms with Crippen molar-refractivity contribution in [3.63, 3.8) is 0 Å². The van der Waals surface area contributed by atoms with Crippen LogP contribution in [0.15, 0.2) is 0 Å². The van der Waals surface area contributed by atoms with E-state index in [0.717, 1.165) is 0 Å². The molecule has 0 saturated heterocycles. The maximum Gasteiger partial charge on any atom is 0 e. The van der Waals surface area contributed by atoms with Crippen LogP contribution in [-0.4, -0.2) is 97.6 Å². The van der Waals surface area contributed by atoms with E-state index in [4.69, 9.17) is 0 Å². The largest absolute Gasteiger partial charge is 0 e. The van der Waals surface area contributed by atoms with Gasteiger partial charge in [-0.15, -0.1) is 0 Å². The van der Waals surface area contributed by atoms with Crippen molar-refractivity contribution in [3.05, 3.63) is 0 Å².